The fourth-order valence-corrected chi connectivity index (χ4v) is 2.53. The van der Waals surface area contributed by atoms with Crippen molar-refractivity contribution in [3.63, 3.8) is 0 Å². The molecule has 130 valence electrons. The van der Waals surface area contributed by atoms with E-state index in [1.807, 2.05) is 31.2 Å². The number of hydrogen-bond acceptors (Lipinski definition) is 3. The zero-order chi connectivity index (χ0) is 18.4. The zero-order valence-electron chi connectivity index (χ0n) is 14.4. The van der Waals surface area contributed by atoms with Crippen molar-refractivity contribution in [2.75, 3.05) is 10.6 Å². The van der Waals surface area contributed by atoms with Crippen molar-refractivity contribution >= 4 is 23.2 Å². The van der Waals surface area contributed by atoms with Gasteiger partial charge in [0.2, 0.25) is 5.91 Å². The van der Waals surface area contributed by atoms with Crippen LogP contribution in [0.4, 0.5) is 11.4 Å². The van der Waals surface area contributed by atoms with Gasteiger partial charge in [-0.05, 0) is 54.4 Å². The van der Waals surface area contributed by atoms with Crippen LogP contribution in [-0.4, -0.2) is 16.8 Å². The largest absolute Gasteiger partial charge is 0.326 e. The van der Waals surface area contributed by atoms with Gasteiger partial charge >= 0.3 is 0 Å². The number of aromatic nitrogens is 1. The van der Waals surface area contributed by atoms with Crippen molar-refractivity contribution in [1.82, 2.24) is 4.98 Å². The van der Waals surface area contributed by atoms with Crippen LogP contribution in [0.25, 0.3) is 0 Å². The smallest absolute Gasteiger partial charge is 0.255 e. The van der Waals surface area contributed by atoms with E-state index in [0.717, 1.165) is 11.1 Å². The first-order valence-corrected chi connectivity index (χ1v) is 8.27. The van der Waals surface area contributed by atoms with E-state index < -0.39 is 0 Å². The molecule has 0 radical (unpaired) electrons. The Bertz CT molecular complexity index is 906. The third-order valence-electron chi connectivity index (χ3n) is 3.96. The topological polar surface area (TPSA) is 71.1 Å². The first-order chi connectivity index (χ1) is 12.6. The summed E-state index contributed by atoms with van der Waals surface area (Å²) >= 11 is 0. The molecule has 2 N–H and O–H groups in total. The van der Waals surface area contributed by atoms with Crippen molar-refractivity contribution in [1.29, 1.82) is 0 Å². The highest BCUT2D eigenvalue weighted by Gasteiger charge is 2.08. The van der Waals surface area contributed by atoms with E-state index in [0.29, 0.717) is 23.4 Å². The summed E-state index contributed by atoms with van der Waals surface area (Å²) in [6.07, 6.45) is 3.54. The maximum Gasteiger partial charge on any atom is 0.255 e. The molecule has 5 nitrogen and oxygen atoms in total. The molecule has 26 heavy (non-hydrogen) atoms. The van der Waals surface area contributed by atoms with Gasteiger partial charge in [-0.15, -0.1) is 0 Å². The predicted molar refractivity (Wildman–Crippen MR) is 102 cm³/mol. The lowest BCUT2D eigenvalue weighted by Gasteiger charge is -2.08. The summed E-state index contributed by atoms with van der Waals surface area (Å²) in [5.74, 6) is -0.317. The summed E-state index contributed by atoms with van der Waals surface area (Å²) in [6.45, 7) is 1.98. The second-order valence-electron chi connectivity index (χ2n) is 5.92. The molecule has 1 heterocycles. The van der Waals surface area contributed by atoms with Gasteiger partial charge in [0.1, 0.15) is 0 Å². The number of anilines is 2. The highest BCUT2D eigenvalue weighted by molar-refractivity contribution is 6.04. The van der Waals surface area contributed by atoms with Crippen LogP contribution in [0.5, 0.6) is 0 Å². The van der Waals surface area contributed by atoms with E-state index in [4.69, 9.17) is 0 Å². The molecule has 3 aromatic rings. The van der Waals surface area contributed by atoms with Crippen LogP contribution < -0.4 is 10.6 Å². The van der Waals surface area contributed by atoms with Crippen LogP contribution >= 0.6 is 0 Å². The number of pyridine rings is 1. The molecule has 0 bridgehead atoms. The van der Waals surface area contributed by atoms with Gasteiger partial charge in [0.05, 0.1) is 18.3 Å². The fourth-order valence-electron chi connectivity index (χ4n) is 2.53. The van der Waals surface area contributed by atoms with E-state index in [2.05, 4.69) is 15.6 Å². The number of amides is 2. The molecule has 0 unspecified atom stereocenters. The molecule has 1 aromatic heterocycles. The third kappa shape index (κ3) is 4.54. The summed E-state index contributed by atoms with van der Waals surface area (Å²) in [4.78, 5) is 28.4. The number of hydrogen-bond donors (Lipinski definition) is 2. The van der Waals surface area contributed by atoms with E-state index >= 15 is 0 Å². The minimum absolute atomic E-state index is 0.0909. The number of nitrogens with zero attached hydrogens (tertiary/aromatic N) is 1. The molecule has 0 atom stereocenters. The predicted octanol–water partition coefficient (Wildman–Crippen LogP) is 3.82. The van der Waals surface area contributed by atoms with E-state index in [1.54, 1.807) is 48.8 Å². The lowest BCUT2D eigenvalue weighted by Crippen LogP contribution is -2.15. The minimum atomic E-state index is -0.226. The molecule has 0 aliphatic heterocycles. The van der Waals surface area contributed by atoms with Crippen LogP contribution in [0, 0.1) is 6.92 Å². The third-order valence-corrected chi connectivity index (χ3v) is 3.96. The van der Waals surface area contributed by atoms with E-state index in [-0.39, 0.29) is 11.8 Å². The molecule has 0 saturated carbocycles. The molecule has 0 spiro atoms. The highest BCUT2D eigenvalue weighted by Crippen LogP contribution is 2.14. The second kappa shape index (κ2) is 8.07. The van der Waals surface area contributed by atoms with Gasteiger partial charge in [-0.3, -0.25) is 14.6 Å². The van der Waals surface area contributed by atoms with Gasteiger partial charge in [-0.2, -0.15) is 0 Å². The normalized spacial score (nSPS) is 10.2. The monoisotopic (exact) mass is 345 g/mol. The van der Waals surface area contributed by atoms with Gasteiger partial charge in [-0.1, -0.05) is 24.3 Å². The highest BCUT2D eigenvalue weighted by atomic mass is 16.2. The summed E-state index contributed by atoms with van der Waals surface area (Å²) in [5, 5.41) is 5.62. The van der Waals surface area contributed by atoms with Gasteiger partial charge in [0.25, 0.3) is 5.91 Å². The van der Waals surface area contributed by atoms with Crippen LogP contribution in [0.1, 0.15) is 21.5 Å². The summed E-state index contributed by atoms with van der Waals surface area (Å²) in [6, 6.07) is 18.1. The van der Waals surface area contributed by atoms with Crippen LogP contribution in [0.2, 0.25) is 0 Å². The van der Waals surface area contributed by atoms with Crippen molar-refractivity contribution in [2.24, 2.45) is 0 Å². The maximum absolute atomic E-state index is 12.2. The first kappa shape index (κ1) is 17.4. The number of rotatable bonds is 5. The van der Waals surface area contributed by atoms with E-state index in [1.165, 1.54) is 0 Å². The Morgan fingerprint density at radius 1 is 0.885 bits per heavy atom. The fraction of sp³-hybridized carbons (Fsp3) is 0.0952. The van der Waals surface area contributed by atoms with Crippen molar-refractivity contribution in [3.05, 3.63) is 89.7 Å². The SMILES string of the molecule is Cc1ccccc1CC(=O)Nc1ccc(C(=O)Nc2cccnc2)cc1. The van der Waals surface area contributed by atoms with Crippen LogP contribution in [0.3, 0.4) is 0 Å². The zero-order valence-corrected chi connectivity index (χ0v) is 14.4. The summed E-state index contributed by atoms with van der Waals surface area (Å²) < 4.78 is 0. The summed E-state index contributed by atoms with van der Waals surface area (Å²) in [7, 11) is 0. The van der Waals surface area contributed by atoms with Crippen LogP contribution in [-0.2, 0) is 11.2 Å². The van der Waals surface area contributed by atoms with Crippen molar-refractivity contribution < 1.29 is 9.59 Å². The molecule has 3 rings (SSSR count). The molecule has 0 aliphatic rings. The van der Waals surface area contributed by atoms with Gasteiger partial charge in [0, 0.05) is 17.4 Å². The lowest BCUT2D eigenvalue weighted by atomic mass is 10.1. The molecule has 2 amide bonds. The molecule has 0 saturated heterocycles. The molecule has 2 aromatic carbocycles. The second-order valence-corrected chi connectivity index (χ2v) is 5.92. The Labute approximate surface area is 152 Å². The number of nitrogens with one attached hydrogen (secondary N) is 2. The Morgan fingerprint density at radius 2 is 1.65 bits per heavy atom. The number of aryl methyl sites for hydroxylation is 1. The Kier molecular flexibility index (Phi) is 5.39. The average molecular weight is 345 g/mol. The van der Waals surface area contributed by atoms with Crippen LogP contribution in [0.15, 0.2) is 73.1 Å². The van der Waals surface area contributed by atoms with Crippen molar-refractivity contribution in [2.45, 2.75) is 13.3 Å². The van der Waals surface area contributed by atoms with Gasteiger partial charge in [-0.25, -0.2) is 0 Å². The number of benzene rings is 2. The standard InChI is InChI=1S/C21H19N3O2/c1-15-5-2-3-6-17(15)13-20(25)23-18-10-8-16(9-11-18)21(26)24-19-7-4-12-22-14-19/h2-12,14H,13H2,1H3,(H,23,25)(H,24,26). The van der Waals surface area contributed by atoms with Gasteiger partial charge in [0.15, 0.2) is 0 Å². The lowest BCUT2D eigenvalue weighted by molar-refractivity contribution is -0.115. The number of carbonyl (C=O) groups is 2. The Hall–Kier alpha value is -3.47. The molecule has 0 aliphatic carbocycles. The molecular weight excluding hydrogens is 326 g/mol. The first-order valence-electron chi connectivity index (χ1n) is 8.27. The number of carbonyl (C=O) groups excluding carboxylic acids is 2. The summed E-state index contributed by atoms with van der Waals surface area (Å²) in [5.41, 5.74) is 3.88. The average Bonchev–Trinajstić information content (AvgIpc) is 2.65. The minimum Gasteiger partial charge on any atom is -0.326 e. The van der Waals surface area contributed by atoms with Crippen molar-refractivity contribution in [3.8, 4) is 0 Å². The van der Waals surface area contributed by atoms with Gasteiger partial charge < -0.3 is 10.6 Å². The van der Waals surface area contributed by atoms with E-state index in [9.17, 15) is 9.59 Å². The Balaban J connectivity index is 1.60. The maximum atomic E-state index is 12.2. The quantitative estimate of drug-likeness (QED) is 0.738. The Morgan fingerprint density at radius 3 is 2.35 bits per heavy atom. The molecule has 5 heteroatoms. The molecular formula is C21H19N3O2. The molecule has 0 fully saturated rings.